The van der Waals surface area contributed by atoms with E-state index in [1.165, 1.54) is 31.6 Å². The molecule has 0 saturated carbocycles. The van der Waals surface area contributed by atoms with E-state index in [1.807, 2.05) is 0 Å². The second kappa shape index (κ2) is 7.39. The Morgan fingerprint density at radius 2 is 2.00 bits per heavy atom. The van der Waals surface area contributed by atoms with Crippen LogP contribution in [0.3, 0.4) is 0 Å². The smallest absolute Gasteiger partial charge is 0.416 e. The summed E-state index contributed by atoms with van der Waals surface area (Å²) in [4.78, 5) is 24.0. The van der Waals surface area contributed by atoms with E-state index in [4.69, 9.17) is 10.2 Å². The van der Waals surface area contributed by atoms with Crippen LogP contribution in [0, 0.1) is 0 Å². The van der Waals surface area contributed by atoms with Gasteiger partial charge in [0.05, 0.1) is 17.4 Å². The highest BCUT2D eigenvalue weighted by Crippen LogP contribution is 2.32. The molecule has 1 heterocycles. The highest BCUT2D eigenvalue weighted by atomic mass is 19.4. The van der Waals surface area contributed by atoms with Crippen molar-refractivity contribution in [1.29, 1.82) is 0 Å². The number of furan rings is 1. The largest absolute Gasteiger partial charge is 0.472 e. The molecule has 1 aromatic carbocycles. The molecule has 0 aliphatic heterocycles. The van der Waals surface area contributed by atoms with Gasteiger partial charge in [0.15, 0.2) is 0 Å². The summed E-state index contributed by atoms with van der Waals surface area (Å²) in [6.07, 6.45) is -2.05. The second-order valence-electron chi connectivity index (χ2n) is 5.32. The van der Waals surface area contributed by atoms with Gasteiger partial charge in [-0.1, -0.05) is 0 Å². The molecule has 0 bridgehead atoms. The first-order chi connectivity index (χ1) is 11.7. The van der Waals surface area contributed by atoms with Crippen LogP contribution in [0.25, 0.3) is 0 Å². The lowest BCUT2D eigenvalue weighted by molar-refractivity contribution is -0.137. The Hall–Kier alpha value is -2.81. The number of anilines is 1. The summed E-state index contributed by atoms with van der Waals surface area (Å²) in [5.41, 5.74) is 4.88. The van der Waals surface area contributed by atoms with Crippen molar-refractivity contribution >= 4 is 17.5 Å². The van der Waals surface area contributed by atoms with Gasteiger partial charge in [0.25, 0.3) is 5.91 Å². The normalized spacial score (nSPS) is 12.5. The van der Waals surface area contributed by atoms with Crippen LogP contribution in [-0.2, 0) is 17.5 Å². The maximum atomic E-state index is 12.9. The summed E-state index contributed by atoms with van der Waals surface area (Å²) in [6, 6.07) is 3.51. The van der Waals surface area contributed by atoms with E-state index in [1.54, 1.807) is 0 Å². The molecular formula is C16H16F3N3O3. The van der Waals surface area contributed by atoms with Crippen LogP contribution >= 0.6 is 0 Å². The minimum absolute atomic E-state index is 0.0512. The van der Waals surface area contributed by atoms with Crippen LogP contribution in [0.1, 0.15) is 28.4 Å². The van der Waals surface area contributed by atoms with E-state index in [9.17, 15) is 22.8 Å². The van der Waals surface area contributed by atoms with Gasteiger partial charge in [-0.15, -0.1) is 0 Å². The van der Waals surface area contributed by atoms with Crippen molar-refractivity contribution in [2.24, 2.45) is 5.73 Å². The standard InChI is InChI=1S/C16H16F3N3O3/c1-9(21-15(24)11-2-3-25-8-11)14(23)22-13-5-10(7-20)4-12(6-13)16(17,18)19/h2-6,8-9H,7,20H2,1H3,(H,21,24)(H,22,23). The topological polar surface area (TPSA) is 97.4 Å². The zero-order chi connectivity index (χ0) is 18.6. The van der Waals surface area contributed by atoms with Crippen LogP contribution in [-0.4, -0.2) is 17.9 Å². The van der Waals surface area contributed by atoms with E-state index < -0.39 is 29.6 Å². The minimum atomic E-state index is -4.56. The molecule has 0 spiro atoms. The second-order valence-corrected chi connectivity index (χ2v) is 5.32. The van der Waals surface area contributed by atoms with E-state index in [2.05, 4.69) is 10.6 Å². The molecule has 6 nitrogen and oxygen atoms in total. The molecule has 1 unspecified atom stereocenters. The number of benzene rings is 1. The lowest BCUT2D eigenvalue weighted by Crippen LogP contribution is -2.41. The van der Waals surface area contributed by atoms with Crippen molar-refractivity contribution in [1.82, 2.24) is 5.32 Å². The highest BCUT2D eigenvalue weighted by molar-refractivity contribution is 6.00. The monoisotopic (exact) mass is 355 g/mol. The summed E-state index contributed by atoms with van der Waals surface area (Å²) < 4.78 is 43.4. The first-order valence-corrected chi connectivity index (χ1v) is 7.26. The lowest BCUT2D eigenvalue weighted by Gasteiger charge is -2.16. The van der Waals surface area contributed by atoms with E-state index >= 15 is 0 Å². The lowest BCUT2D eigenvalue weighted by atomic mass is 10.1. The van der Waals surface area contributed by atoms with Crippen molar-refractivity contribution in [3.63, 3.8) is 0 Å². The van der Waals surface area contributed by atoms with Crippen molar-refractivity contribution < 1.29 is 27.2 Å². The average molecular weight is 355 g/mol. The van der Waals surface area contributed by atoms with E-state index in [0.717, 1.165) is 12.1 Å². The Morgan fingerprint density at radius 3 is 2.56 bits per heavy atom. The third kappa shape index (κ3) is 4.83. The molecule has 0 aliphatic rings. The van der Waals surface area contributed by atoms with Gasteiger partial charge in [0, 0.05) is 12.2 Å². The fourth-order valence-electron chi connectivity index (χ4n) is 2.04. The maximum Gasteiger partial charge on any atom is 0.416 e. The SMILES string of the molecule is CC(NC(=O)c1ccoc1)C(=O)Nc1cc(CN)cc(C(F)(F)F)c1. The maximum absolute atomic E-state index is 12.9. The van der Waals surface area contributed by atoms with Gasteiger partial charge in [-0.2, -0.15) is 13.2 Å². The number of rotatable bonds is 5. The number of amides is 2. The van der Waals surface area contributed by atoms with Crippen molar-refractivity contribution in [3.05, 3.63) is 53.5 Å². The van der Waals surface area contributed by atoms with Crippen LogP contribution in [0.2, 0.25) is 0 Å². The molecule has 4 N–H and O–H groups in total. The fraction of sp³-hybridized carbons (Fsp3) is 0.250. The fourth-order valence-corrected chi connectivity index (χ4v) is 2.04. The van der Waals surface area contributed by atoms with Gasteiger partial charge in [-0.3, -0.25) is 9.59 Å². The Balaban J connectivity index is 2.10. The number of carbonyl (C=O) groups is 2. The van der Waals surface area contributed by atoms with Crippen molar-refractivity contribution in [2.75, 3.05) is 5.32 Å². The van der Waals surface area contributed by atoms with Gasteiger partial charge >= 0.3 is 6.18 Å². The molecule has 0 saturated heterocycles. The van der Waals surface area contributed by atoms with Crippen molar-refractivity contribution in [3.8, 4) is 0 Å². The summed E-state index contributed by atoms with van der Waals surface area (Å²) in [5.74, 6) is -1.21. The predicted octanol–water partition coefficient (Wildman–Crippen LogP) is 2.51. The molecule has 25 heavy (non-hydrogen) atoms. The summed E-state index contributed by atoms with van der Waals surface area (Å²) in [6.45, 7) is 1.30. The van der Waals surface area contributed by atoms with Crippen LogP contribution < -0.4 is 16.4 Å². The summed E-state index contributed by atoms with van der Waals surface area (Å²) >= 11 is 0. The quantitative estimate of drug-likeness (QED) is 0.768. The third-order valence-corrected chi connectivity index (χ3v) is 3.35. The minimum Gasteiger partial charge on any atom is -0.472 e. The van der Waals surface area contributed by atoms with Crippen molar-refractivity contribution in [2.45, 2.75) is 25.7 Å². The van der Waals surface area contributed by atoms with Gasteiger partial charge in [0.1, 0.15) is 12.3 Å². The Labute approximate surface area is 141 Å². The number of carbonyl (C=O) groups excluding carboxylic acids is 2. The number of alkyl halides is 3. The number of hydrogen-bond donors (Lipinski definition) is 3. The molecule has 1 aromatic heterocycles. The summed E-state index contributed by atoms with van der Waals surface area (Å²) in [5, 5.41) is 4.76. The Bertz CT molecular complexity index is 758. The number of halogens is 3. The number of nitrogens with two attached hydrogens (primary N) is 1. The molecule has 0 fully saturated rings. The molecule has 2 rings (SSSR count). The zero-order valence-electron chi connectivity index (χ0n) is 13.2. The third-order valence-electron chi connectivity index (χ3n) is 3.35. The molecule has 9 heteroatoms. The van der Waals surface area contributed by atoms with Crippen LogP contribution in [0.4, 0.5) is 18.9 Å². The zero-order valence-corrected chi connectivity index (χ0v) is 13.2. The van der Waals surface area contributed by atoms with Gasteiger partial charge in [0.2, 0.25) is 5.91 Å². The highest BCUT2D eigenvalue weighted by Gasteiger charge is 2.31. The van der Waals surface area contributed by atoms with E-state index in [0.29, 0.717) is 0 Å². The molecule has 2 amide bonds. The van der Waals surface area contributed by atoms with Crippen LogP contribution in [0.5, 0.6) is 0 Å². The first-order valence-electron chi connectivity index (χ1n) is 7.26. The van der Waals surface area contributed by atoms with Gasteiger partial charge in [-0.25, -0.2) is 0 Å². The molecule has 1 atom stereocenters. The number of hydrogen-bond acceptors (Lipinski definition) is 4. The predicted molar refractivity (Wildman–Crippen MR) is 83.6 cm³/mol. The molecule has 2 aromatic rings. The van der Waals surface area contributed by atoms with Gasteiger partial charge in [-0.05, 0) is 36.8 Å². The molecule has 0 radical (unpaired) electrons. The molecule has 0 aliphatic carbocycles. The van der Waals surface area contributed by atoms with E-state index in [-0.39, 0.29) is 23.4 Å². The Kier molecular flexibility index (Phi) is 5.48. The number of nitrogens with one attached hydrogen (secondary N) is 2. The molecular weight excluding hydrogens is 339 g/mol. The Morgan fingerprint density at radius 1 is 1.28 bits per heavy atom. The summed E-state index contributed by atoms with van der Waals surface area (Å²) in [7, 11) is 0. The van der Waals surface area contributed by atoms with Gasteiger partial charge < -0.3 is 20.8 Å². The first kappa shape index (κ1) is 18.5. The average Bonchev–Trinajstić information content (AvgIpc) is 3.08. The molecule has 134 valence electrons. The van der Waals surface area contributed by atoms with Crippen LogP contribution in [0.15, 0.2) is 41.2 Å².